The van der Waals surface area contributed by atoms with Gasteiger partial charge in [0, 0.05) is 45.8 Å². The number of nitrogens with zero attached hydrogens (tertiary/aromatic N) is 3. The average Bonchev–Trinajstić information content (AvgIpc) is 2.77. The van der Waals surface area contributed by atoms with E-state index in [1.54, 1.807) is 6.20 Å². The van der Waals surface area contributed by atoms with E-state index in [2.05, 4.69) is 48.6 Å². The number of pyridine rings is 2. The third-order valence-corrected chi connectivity index (χ3v) is 5.64. The van der Waals surface area contributed by atoms with E-state index < -0.39 is 5.54 Å². The zero-order valence-corrected chi connectivity index (χ0v) is 19.3. The fraction of sp³-hybridized carbons (Fsp3) is 0.296. The zero-order chi connectivity index (χ0) is 23.2. The first-order chi connectivity index (χ1) is 15.7. The summed E-state index contributed by atoms with van der Waals surface area (Å²) in [7, 11) is 0. The summed E-state index contributed by atoms with van der Waals surface area (Å²) in [4.78, 5) is 13.9. The fourth-order valence-electron chi connectivity index (χ4n) is 4.13. The van der Waals surface area contributed by atoms with Crippen LogP contribution in [-0.4, -0.2) is 29.0 Å². The summed E-state index contributed by atoms with van der Waals surface area (Å²) in [6.07, 6.45) is 3.61. The van der Waals surface area contributed by atoms with Gasteiger partial charge in [-0.2, -0.15) is 0 Å². The second-order valence-corrected chi connectivity index (χ2v) is 9.53. The number of ether oxygens (including phenoxy) is 2. The smallest absolute Gasteiger partial charge is 0.225 e. The highest BCUT2D eigenvalue weighted by atomic mass is 16.5. The molecule has 1 atom stereocenters. The molecule has 2 aromatic heterocycles. The van der Waals surface area contributed by atoms with Crippen molar-refractivity contribution in [3.63, 3.8) is 0 Å². The second-order valence-electron chi connectivity index (χ2n) is 9.53. The van der Waals surface area contributed by atoms with E-state index in [-0.39, 0.29) is 5.41 Å². The monoisotopic (exact) mass is 438 g/mol. The molecule has 0 radical (unpaired) electrons. The highest BCUT2D eigenvalue weighted by molar-refractivity contribution is 5.84. The van der Waals surface area contributed by atoms with Gasteiger partial charge in [0.15, 0.2) is 0 Å². The van der Waals surface area contributed by atoms with Crippen LogP contribution in [0.4, 0.5) is 0 Å². The molecule has 3 aromatic rings. The third-order valence-electron chi connectivity index (χ3n) is 5.64. The van der Waals surface area contributed by atoms with E-state index in [1.165, 1.54) is 0 Å². The van der Waals surface area contributed by atoms with E-state index in [0.29, 0.717) is 30.7 Å². The second kappa shape index (κ2) is 7.72. The molecule has 2 aliphatic rings. The zero-order valence-electron chi connectivity index (χ0n) is 19.3. The highest BCUT2D eigenvalue weighted by Crippen LogP contribution is 2.50. The number of hydrogen-bond donors (Lipinski definition) is 1. The molecular formula is C27H26N4O2. The van der Waals surface area contributed by atoms with Crippen LogP contribution < -0.4 is 10.5 Å². The van der Waals surface area contributed by atoms with Gasteiger partial charge in [0.2, 0.25) is 5.88 Å². The minimum Gasteiger partial charge on any atom is -0.438 e. The normalized spacial score (nSPS) is 19.0. The van der Waals surface area contributed by atoms with Crippen LogP contribution in [0.15, 0.2) is 53.8 Å². The molecule has 0 saturated carbocycles. The molecule has 1 aromatic carbocycles. The van der Waals surface area contributed by atoms with E-state index in [9.17, 15) is 0 Å². The number of fused-ring (bicyclic) bond motifs is 4. The topological polar surface area (TPSA) is 82.6 Å². The van der Waals surface area contributed by atoms with Crippen LogP contribution in [0.25, 0.3) is 11.1 Å². The van der Waals surface area contributed by atoms with Crippen LogP contribution in [-0.2, 0) is 10.3 Å². The van der Waals surface area contributed by atoms with Gasteiger partial charge >= 0.3 is 0 Å². The Morgan fingerprint density at radius 1 is 1.03 bits per heavy atom. The summed E-state index contributed by atoms with van der Waals surface area (Å²) >= 11 is 0. The highest BCUT2D eigenvalue weighted by Gasteiger charge is 2.45. The summed E-state index contributed by atoms with van der Waals surface area (Å²) in [5.74, 6) is 8.22. The number of aromatic nitrogens is 2. The molecule has 166 valence electrons. The maximum absolute atomic E-state index is 6.22. The van der Waals surface area contributed by atoms with E-state index in [0.717, 1.165) is 33.5 Å². The van der Waals surface area contributed by atoms with Crippen molar-refractivity contribution in [3.8, 4) is 34.6 Å². The number of nitrogens with two attached hydrogens (primary N) is 1. The van der Waals surface area contributed by atoms with Crippen LogP contribution >= 0.6 is 0 Å². The lowest BCUT2D eigenvalue weighted by molar-refractivity contribution is 0.109. The maximum Gasteiger partial charge on any atom is 0.225 e. The molecule has 6 heteroatoms. The quantitative estimate of drug-likeness (QED) is 0.562. The van der Waals surface area contributed by atoms with E-state index in [1.807, 2.05) is 43.5 Å². The van der Waals surface area contributed by atoms with Crippen molar-refractivity contribution in [2.45, 2.75) is 33.2 Å². The molecule has 4 heterocycles. The first-order valence-electron chi connectivity index (χ1n) is 10.9. The first kappa shape index (κ1) is 21.2. The van der Waals surface area contributed by atoms with Crippen molar-refractivity contribution in [3.05, 3.63) is 71.2 Å². The van der Waals surface area contributed by atoms with Crippen molar-refractivity contribution in [2.75, 3.05) is 13.2 Å². The van der Waals surface area contributed by atoms with Gasteiger partial charge in [-0.1, -0.05) is 11.8 Å². The molecule has 0 unspecified atom stereocenters. The van der Waals surface area contributed by atoms with Crippen molar-refractivity contribution in [1.82, 2.24) is 9.97 Å². The lowest BCUT2D eigenvalue weighted by Gasteiger charge is -2.39. The Kier molecular flexibility index (Phi) is 4.95. The predicted molar refractivity (Wildman–Crippen MR) is 128 cm³/mol. The molecule has 2 N–H and O–H groups in total. The molecule has 0 aliphatic carbocycles. The summed E-state index contributed by atoms with van der Waals surface area (Å²) in [5.41, 5.74) is 10.8. The average molecular weight is 439 g/mol. The molecule has 5 rings (SSSR count). The summed E-state index contributed by atoms with van der Waals surface area (Å²) in [5, 5.41) is 0. The number of aryl methyl sites for hydroxylation is 1. The van der Waals surface area contributed by atoms with Gasteiger partial charge in [-0.25, -0.2) is 4.98 Å². The predicted octanol–water partition coefficient (Wildman–Crippen LogP) is 4.59. The molecule has 2 aliphatic heterocycles. The molecule has 0 fully saturated rings. The largest absolute Gasteiger partial charge is 0.438 e. The SMILES string of the molecule is Cc1cc(-c2cnc3c(c2)[C@]2(COCC(N)=N2)c2cc(C#CC(C)(C)C)ccc2O3)ccn1. The van der Waals surface area contributed by atoms with E-state index in [4.69, 9.17) is 20.2 Å². The summed E-state index contributed by atoms with van der Waals surface area (Å²) in [6, 6.07) is 12.0. The number of benzene rings is 1. The minimum absolute atomic E-state index is 0.102. The van der Waals surface area contributed by atoms with Gasteiger partial charge < -0.3 is 15.2 Å². The number of hydrogen-bond acceptors (Lipinski definition) is 6. The molecule has 6 nitrogen and oxygen atoms in total. The fourth-order valence-corrected chi connectivity index (χ4v) is 4.13. The Bertz CT molecular complexity index is 1340. The first-order valence-corrected chi connectivity index (χ1v) is 10.9. The Morgan fingerprint density at radius 3 is 2.64 bits per heavy atom. The lowest BCUT2D eigenvalue weighted by Crippen LogP contribution is -2.42. The summed E-state index contributed by atoms with van der Waals surface area (Å²) in [6.45, 7) is 8.88. The Hall–Kier alpha value is -3.69. The van der Waals surface area contributed by atoms with Crippen molar-refractivity contribution < 1.29 is 9.47 Å². The van der Waals surface area contributed by atoms with Gasteiger partial charge in [-0.15, -0.1) is 0 Å². The van der Waals surface area contributed by atoms with Crippen LogP contribution in [0.5, 0.6) is 11.6 Å². The van der Waals surface area contributed by atoms with Crippen molar-refractivity contribution >= 4 is 5.84 Å². The van der Waals surface area contributed by atoms with Crippen molar-refractivity contribution in [1.29, 1.82) is 0 Å². The molecule has 0 amide bonds. The van der Waals surface area contributed by atoms with Crippen molar-refractivity contribution in [2.24, 2.45) is 16.1 Å². The van der Waals surface area contributed by atoms with Gasteiger partial charge in [0.25, 0.3) is 0 Å². The minimum atomic E-state index is -0.851. The third kappa shape index (κ3) is 3.96. The van der Waals surface area contributed by atoms with Crippen LogP contribution in [0, 0.1) is 24.2 Å². The van der Waals surface area contributed by atoms with Crippen LogP contribution in [0.2, 0.25) is 0 Å². The Labute approximate surface area is 193 Å². The number of rotatable bonds is 1. The Morgan fingerprint density at radius 2 is 1.88 bits per heavy atom. The van der Waals surface area contributed by atoms with Gasteiger partial charge in [0.05, 0.1) is 6.61 Å². The van der Waals surface area contributed by atoms with Crippen LogP contribution in [0.3, 0.4) is 0 Å². The number of amidine groups is 1. The molecule has 33 heavy (non-hydrogen) atoms. The standard InChI is InChI=1S/C27H26N4O2/c1-17-11-19(8-10-29-17)20-13-22-25(30-14-20)33-23-6-5-18(7-9-26(2,3)4)12-21(23)27(22)16-32-15-24(28)31-27/h5-6,8,10-14H,15-16H2,1-4H3,(H2,28,31)/t27-/m0/s1. The van der Waals surface area contributed by atoms with E-state index >= 15 is 0 Å². The Balaban J connectivity index is 1.71. The maximum atomic E-state index is 6.22. The molecule has 1 spiro atoms. The molecule has 0 bridgehead atoms. The summed E-state index contributed by atoms with van der Waals surface area (Å²) < 4.78 is 12.1. The number of aliphatic imine (C=N–C) groups is 1. The lowest BCUT2D eigenvalue weighted by atomic mass is 9.80. The molecule has 0 saturated heterocycles. The van der Waals surface area contributed by atoms with Gasteiger partial charge in [-0.3, -0.25) is 9.98 Å². The van der Waals surface area contributed by atoms with Gasteiger partial charge in [0.1, 0.15) is 23.7 Å². The van der Waals surface area contributed by atoms with Gasteiger partial charge in [-0.05, 0) is 69.7 Å². The molecular weight excluding hydrogens is 412 g/mol. The van der Waals surface area contributed by atoms with Crippen LogP contribution in [0.1, 0.15) is 43.2 Å².